The van der Waals surface area contributed by atoms with E-state index in [1.165, 1.54) is 0 Å². The van der Waals surface area contributed by atoms with Crippen molar-refractivity contribution in [1.82, 2.24) is 10.2 Å². The Morgan fingerprint density at radius 1 is 0.882 bits per heavy atom. The van der Waals surface area contributed by atoms with Gasteiger partial charge in [0.25, 0.3) is 0 Å². The molecule has 0 spiro atoms. The second-order valence-electron chi connectivity index (χ2n) is 9.36. The zero-order chi connectivity index (χ0) is 24.7. The van der Waals surface area contributed by atoms with Crippen LogP contribution in [-0.4, -0.2) is 28.3 Å². The maximum Gasteiger partial charge on any atom is 0.243 e. The quantitative estimate of drug-likeness (QED) is 0.410. The van der Waals surface area contributed by atoms with Gasteiger partial charge in [0.05, 0.1) is 6.42 Å². The predicted molar refractivity (Wildman–Crippen MR) is 139 cm³/mol. The highest BCUT2D eigenvalue weighted by Gasteiger charge is 2.32. The number of carbonyl (C=O) groups is 2. The molecule has 34 heavy (non-hydrogen) atoms. The largest absolute Gasteiger partial charge is 0.350 e. The first-order valence-electron chi connectivity index (χ1n) is 11.3. The first kappa shape index (κ1) is 25.8. The minimum atomic E-state index is -0.718. The number of benzene rings is 3. The topological polar surface area (TPSA) is 49.4 Å². The highest BCUT2D eigenvalue weighted by atomic mass is 35.5. The van der Waals surface area contributed by atoms with Crippen molar-refractivity contribution in [3.63, 3.8) is 0 Å². The van der Waals surface area contributed by atoms with Gasteiger partial charge in [-0.2, -0.15) is 0 Å². The van der Waals surface area contributed by atoms with E-state index in [1.807, 2.05) is 81.4 Å². The number of rotatable bonds is 8. The van der Waals surface area contributed by atoms with Crippen LogP contribution in [0.15, 0.2) is 78.9 Å². The molecule has 1 atom stereocenters. The number of hydrogen-bond donors (Lipinski definition) is 1. The molecule has 0 aliphatic heterocycles. The molecule has 0 heterocycles. The van der Waals surface area contributed by atoms with E-state index < -0.39 is 11.6 Å². The Bertz CT molecular complexity index is 1110. The lowest BCUT2D eigenvalue weighted by atomic mass is 10.00. The number of amides is 2. The van der Waals surface area contributed by atoms with Crippen molar-refractivity contribution < 1.29 is 9.59 Å². The zero-order valence-electron chi connectivity index (χ0n) is 19.7. The smallest absolute Gasteiger partial charge is 0.243 e. The minimum Gasteiger partial charge on any atom is -0.350 e. The molecule has 1 unspecified atom stereocenters. The number of nitrogens with one attached hydrogen (secondary N) is 1. The average molecular weight is 497 g/mol. The third kappa shape index (κ3) is 7.61. The monoisotopic (exact) mass is 496 g/mol. The van der Waals surface area contributed by atoms with Crippen molar-refractivity contribution in [2.45, 2.75) is 51.7 Å². The van der Waals surface area contributed by atoms with Crippen LogP contribution < -0.4 is 5.32 Å². The molecule has 0 aliphatic carbocycles. The lowest BCUT2D eigenvalue weighted by Crippen LogP contribution is -2.54. The molecule has 4 nitrogen and oxygen atoms in total. The Morgan fingerprint density at radius 2 is 1.47 bits per heavy atom. The Balaban J connectivity index is 2.01. The van der Waals surface area contributed by atoms with E-state index in [0.29, 0.717) is 16.5 Å². The van der Waals surface area contributed by atoms with Crippen LogP contribution in [-0.2, 0) is 29.0 Å². The zero-order valence-corrected chi connectivity index (χ0v) is 21.2. The van der Waals surface area contributed by atoms with Gasteiger partial charge in [0.1, 0.15) is 6.04 Å². The molecule has 3 aromatic carbocycles. The van der Waals surface area contributed by atoms with Gasteiger partial charge in [-0.05, 0) is 49.6 Å². The molecule has 0 aliphatic rings. The van der Waals surface area contributed by atoms with Crippen LogP contribution in [0.5, 0.6) is 0 Å². The third-order valence-corrected chi connectivity index (χ3v) is 5.91. The molecule has 3 rings (SSSR count). The fourth-order valence-electron chi connectivity index (χ4n) is 3.71. The lowest BCUT2D eigenvalue weighted by Gasteiger charge is -2.34. The maximum atomic E-state index is 13.7. The number of halogens is 2. The summed E-state index contributed by atoms with van der Waals surface area (Å²) in [5.74, 6) is -0.356. The molecule has 0 fully saturated rings. The van der Waals surface area contributed by atoms with Crippen LogP contribution in [0.4, 0.5) is 0 Å². The highest BCUT2D eigenvalue weighted by molar-refractivity contribution is 6.35. The summed E-state index contributed by atoms with van der Waals surface area (Å²) in [4.78, 5) is 28.8. The van der Waals surface area contributed by atoms with Gasteiger partial charge in [0, 0.05) is 28.5 Å². The van der Waals surface area contributed by atoms with Gasteiger partial charge < -0.3 is 10.2 Å². The van der Waals surface area contributed by atoms with Crippen molar-refractivity contribution in [2.24, 2.45) is 0 Å². The molecular weight excluding hydrogens is 467 g/mol. The van der Waals surface area contributed by atoms with Crippen LogP contribution >= 0.6 is 23.2 Å². The lowest BCUT2D eigenvalue weighted by molar-refractivity contribution is -0.141. The Morgan fingerprint density at radius 3 is 2.03 bits per heavy atom. The molecular formula is C28H30Cl2N2O2. The van der Waals surface area contributed by atoms with Gasteiger partial charge >= 0.3 is 0 Å². The molecule has 0 aromatic heterocycles. The molecule has 6 heteroatoms. The second-order valence-corrected chi connectivity index (χ2v) is 10.2. The fourth-order valence-corrected chi connectivity index (χ4v) is 4.18. The maximum absolute atomic E-state index is 13.7. The van der Waals surface area contributed by atoms with E-state index >= 15 is 0 Å². The summed E-state index contributed by atoms with van der Waals surface area (Å²) in [6.45, 7) is 5.97. The summed E-state index contributed by atoms with van der Waals surface area (Å²) in [5, 5.41) is 4.04. The predicted octanol–water partition coefficient (Wildman–Crippen LogP) is 6.09. The summed E-state index contributed by atoms with van der Waals surface area (Å²) in [6.07, 6.45) is 0.564. The van der Waals surface area contributed by atoms with E-state index in [0.717, 1.165) is 16.7 Å². The van der Waals surface area contributed by atoms with Gasteiger partial charge in [-0.1, -0.05) is 89.9 Å². The SMILES string of the molecule is CC(C)(C)NC(=O)C(Cc1ccccc1)N(Cc1ccc(Cl)cc1Cl)C(=O)Cc1ccccc1. The first-order chi connectivity index (χ1) is 16.1. The Labute approximate surface area is 211 Å². The van der Waals surface area contributed by atoms with Crippen LogP contribution in [0.2, 0.25) is 10.0 Å². The second kappa shape index (κ2) is 11.5. The van der Waals surface area contributed by atoms with Gasteiger partial charge in [0.15, 0.2) is 0 Å². The van der Waals surface area contributed by atoms with Crippen LogP contribution in [0.1, 0.15) is 37.5 Å². The molecule has 1 N–H and O–H groups in total. The molecule has 2 amide bonds. The summed E-state index contributed by atoms with van der Waals surface area (Å²) >= 11 is 12.6. The standard InChI is InChI=1S/C28H30Cl2N2O2/c1-28(2,3)31-27(34)25(16-20-10-6-4-7-11-20)32(19-22-14-15-23(29)18-24(22)30)26(33)17-21-12-8-5-9-13-21/h4-15,18,25H,16-17,19H2,1-3H3,(H,31,34). The molecule has 3 aromatic rings. The number of hydrogen-bond acceptors (Lipinski definition) is 2. The molecule has 0 saturated heterocycles. The van der Waals surface area contributed by atoms with E-state index in [9.17, 15) is 9.59 Å². The van der Waals surface area contributed by atoms with Crippen LogP contribution in [0.25, 0.3) is 0 Å². The first-order valence-corrected chi connectivity index (χ1v) is 12.0. The van der Waals surface area contributed by atoms with Crippen molar-refractivity contribution in [3.05, 3.63) is 106 Å². The highest BCUT2D eigenvalue weighted by Crippen LogP contribution is 2.25. The molecule has 0 saturated carbocycles. The van der Waals surface area contributed by atoms with Crippen molar-refractivity contribution in [3.8, 4) is 0 Å². The van der Waals surface area contributed by atoms with Crippen LogP contribution in [0.3, 0.4) is 0 Å². The minimum absolute atomic E-state index is 0.151. The average Bonchev–Trinajstić information content (AvgIpc) is 2.77. The number of carbonyl (C=O) groups excluding carboxylic acids is 2. The summed E-state index contributed by atoms with van der Waals surface area (Å²) in [7, 11) is 0. The fraction of sp³-hybridized carbons (Fsp3) is 0.286. The normalized spacial score (nSPS) is 12.1. The summed E-state index contributed by atoms with van der Waals surface area (Å²) in [6, 6.07) is 23.7. The number of nitrogens with zero attached hydrogens (tertiary/aromatic N) is 1. The van der Waals surface area contributed by atoms with Crippen molar-refractivity contribution >= 4 is 35.0 Å². The van der Waals surface area contributed by atoms with E-state index in [4.69, 9.17) is 23.2 Å². The third-order valence-electron chi connectivity index (χ3n) is 5.32. The van der Waals surface area contributed by atoms with Crippen LogP contribution in [0, 0.1) is 0 Å². The summed E-state index contributed by atoms with van der Waals surface area (Å²) in [5.41, 5.74) is 2.14. The molecule has 0 radical (unpaired) electrons. The van der Waals surface area contributed by atoms with Gasteiger partial charge in [-0.3, -0.25) is 9.59 Å². The van der Waals surface area contributed by atoms with Crippen molar-refractivity contribution in [1.29, 1.82) is 0 Å². The van der Waals surface area contributed by atoms with E-state index in [-0.39, 0.29) is 24.8 Å². The molecule has 0 bridgehead atoms. The summed E-state index contributed by atoms with van der Waals surface area (Å²) < 4.78 is 0. The van der Waals surface area contributed by atoms with E-state index in [2.05, 4.69) is 5.32 Å². The van der Waals surface area contributed by atoms with E-state index in [1.54, 1.807) is 23.1 Å². The Hall–Kier alpha value is -2.82. The van der Waals surface area contributed by atoms with Gasteiger partial charge in [0.2, 0.25) is 11.8 Å². The van der Waals surface area contributed by atoms with Gasteiger partial charge in [-0.25, -0.2) is 0 Å². The Kier molecular flexibility index (Phi) is 8.76. The van der Waals surface area contributed by atoms with Crippen molar-refractivity contribution in [2.75, 3.05) is 0 Å². The van der Waals surface area contributed by atoms with Gasteiger partial charge in [-0.15, -0.1) is 0 Å². The molecule has 178 valence electrons.